The van der Waals surface area contributed by atoms with Crippen molar-refractivity contribution < 1.29 is 19.4 Å². The Balaban J connectivity index is 1.68. The molecule has 1 atom stereocenters. The van der Waals surface area contributed by atoms with Gasteiger partial charge in [-0.1, -0.05) is 30.3 Å². The van der Waals surface area contributed by atoms with E-state index in [1.54, 1.807) is 17.0 Å². The minimum atomic E-state index is -0.883. The Morgan fingerprint density at radius 2 is 2.04 bits per heavy atom. The lowest BCUT2D eigenvalue weighted by Gasteiger charge is -2.23. The molecule has 0 spiro atoms. The second-order valence-electron chi connectivity index (χ2n) is 6.05. The van der Waals surface area contributed by atoms with E-state index in [-0.39, 0.29) is 18.4 Å². The van der Waals surface area contributed by atoms with Crippen LogP contribution in [-0.4, -0.2) is 39.5 Å². The van der Waals surface area contributed by atoms with Crippen LogP contribution in [0.1, 0.15) is 35.2 Å². The van der Waals surface area contributed by atoms with Crippen molar-refractivity contribution in [3.05, 3.63) is 59.8 Å². The first-order valence-corrected chi connectivity index (χ1v) is 8.29. The molecule has 1 aliphatic rings. The van der Waals surface area contributed by atoms with Crippen molar-refractivity contribution in [2.75, 3.05) is 6.54 Å². The lowest BCUT2D eigenvalue weighted by atomic mass is 10.1. The third-order valence-electron chi connectivity index (χ3n) is 4.26. The largest absolute Gasteiger partial charge is 0.481 e. The van der Waals surface area contributed by atoms with Crippen LogP contribution in [-0.2, 0) is 11.4 Å². The quantitative estimate of drug-likeness (QED) is 0.874. The van der Waals surface area contributed by atoms with Crippen molar-refractivity contribution in [1.82, 2.24) is 9.88 Å². The monoisotopic (exact) mass is 340 g/mol. The molecule has 25 heavy (non-hydrogen) atoms. The standard InChI is InChI=1S/C19H20N2O4/c22-18(23)12-16-7-4-10-21(16)19(24)15-8-9-20-17(11-15)25-13-14-5-2-1-3-6-14/h1-3,5-6,8-9,11,16H,4,7,10,12-13H2,(H,22,23). The highest BCUT2D eigenvalue weighted by Gasteiger charge is 2.31. The number of nitrogens with zero attached hydrogens (tertiary/aromatic N) is 2. The predicted molar refractivity (Wildman–Crippen MR) is 91.3 cm³/mol. The van der Waals surface area contributed by atoms with E-state index in [1.807, 2.05) is 30.3 Å². The fraction of sp³-hybridized carbons (Fsp3) is 0.316. The summed E-state index contributed by atoms with van der Waals surface area (Å²) in [4.78, 5) is 29.5. The Hall–Kier alpha value is -2.89. The van der Waals surface area contributed by atoms with Gasteiger partial charge >= 0.3 is 5.97 Å². The van der Waals surface area contributed by atoms with Crippen molar-refractivity contribution in [1.29, 1.82) is 0 Å². The van der Waals surface area contributed by atoms with Crippen LogP contribution in [0.2, 0.25) is 0 Å². The highest BCUT2D eigenvalue weighted by Crippen LogP contribution is 2.23. The molecule has 1 aliphatic heterocycles. The number of carboxylic acid groups (broad SMARTS) is 1. The minimum absolute atomic E-state index is 0.0197. The molecule has 0 radical (unpaired) electrons. The van der Waals surface area contributed by atoms with E-state index in [0.717, 1.165) is 18.4 Å². The molecule has 1 unspecified atom stereocenters. The van der Waals surface area contributed by atoms with Crippen LogP contribution >= 0.6 is 0 Å². The zero-order chi connectivity index (χ0) is 17.6. The number of carboxylic acids is 1. The maximum absolute atomic E-state index is 12.7. The smallest absolute Gasteiger partial charge is 0.305 e. The molecule has 130 valence electrons. The van der Waals surface area contributed by atoms with Gasteiger partial charge in [0.1, 0.15) is 6.61 Å². The summed E-state index contributed by atoms with van der Waals surface area (Å²) in [6.45, 7) is 0.955. The Morgan fingerprint density at radius 1 is 1.24 bits per heavy atom. The van der Waals surface area contributed by atoms with E-state index >= 15 is 0 Å². The first-order valence-electron chi connectivity index (χ1n) is 8.29. The number of carbonyl (C=O) groups is 2. The van der Waals surface area contributed by atoms with E-state index in [2.05, 4.69) is 4.98 Å². The first kappa shape index (κ1) is 17.0. The predicted octanol–water partition coefficient (Wildman–Crippen LogP) is 2.74. The van der Waals surface area contributed by atoms with Gasteiger partial charge in [0, 0.05) is 30.4 Å². The molecule has 0 aliphatic carbocycles. The summed E-state index contributed by atoms with van der Waals surface area (Å²) in [6, 6.07) is 12.7. The third kappa shape index (κ3) is 4.35. The van der Waals surface area contributed by atoms with Crippen LogP contribution in [0.4, 0.5) is 0 Å². The van der Waals surface area contributed by atoms with Crippen molar-refractivity contribution in [2.24, 2.45) is 0 Å². The fourth-order valence-corrected chi connectivity index (χ4v) is 3.04. The van der Waals surface area contributed by atoms with Crippen molar-refractivity contribution in [2.45, 2.75) is 31.9 Å². The zero-order valence-corrected chi connectivity index (χ0v) is 13.8. The molecule has 1 aromatic carbocycles. The van der Waals surface area contributed by atoms with Crippen LogP contribution in [0.15, 0.2) is 48.7 Å². The van der Waals surface area contributed by atoms with Crippen LogP contribution in [0.25, 0.3) is 0 Å². The maximum atomic E-state index is 12.7. The number of rotatable bonds is 6. The van der Waals surface area contributed by atoms with Crippen molar-refractivity contribution in [3.8, 4) is 5.88 Å². The average Bonchev–Trinajstić information content (AvgIpc) is 3.08. The van der Waals surface area contributed by atoms with Crippen LogP contribution in [0.3, 0.4) is 0 Å². The highest BCUT2D eigenvalue weighted by atomic mass is 16.5. The molecule has 6 nitrogen and oxygen atoms in total. The van der Waals surface area contributed by atoms with Gasteiger partial charge < -0.3 is 14.7 Å². The topological polar surface area (TPSA) is 79.7 Å². The van der Waals surface area contributed by atoms with Gasteiger partial charge in [0.25, 0.3) is 5.91 Å². The molecular weight excluding hydrogens is 320 g/mol. The fourth-order valence-electron chi connectivity index (χ4n) is 3.04. The van der Waals surface area contributed by atoms with Gasteiger partial charge in [-0.25, -0.2) is 4.98 Å². The molecule has 2 heterocycles. The Morgan fingerprint density at radius 3 is 2.80 bits per heavy atom. The number of ether oxygens (including phenoxy) is 1. The Bertz CT molecular complexity index is 748. The molecule has 1 amide bonds. The van der Waals surface area contributed by atoms with Gasteiger partial charge in [-0.15, -0.1) is 0 Å². The van der Waals surface area contributed by atoms with Gasteiger partial charge in [0.15, 0.2) is 0 Å². The normalized spacial score (nSPS) is 16.6. The molecule has 6 heteroatoms. The number of aliphatic carboxylic acids is 1. The first-order chi connectivity index (χ1) is 12.1. The Labute approximate surface area is 146 Å². The minimum Gasteiger partial charge on any atom is -0.481 e. The summed E-state index contributed by atoms with van der Waals surface area (Å²) >= 11 is 0. The van der Waals surface area contributed by atoms with E-state index in [9.17, 15) is 9.59 Å². The van der Waals surface area contributed by atoms with E-state index in [1.165, 1.54) is 6.20 Å². The number of benzene rings is 1. The summed E-state index contributed by atoms with van der Waals surface area (Å²) in [5.74, 6) is -0.675. The van der Waals surface area contributed by atoms with E-state index in [0.29, 0.717) is 24.6 Å². The number of pyridine rings is 1. The lowest BCUT2D eigenvalue weighted by molar-refractivity contribution is -0.137. The molecule has 0 bridgehead atoms. The summed E-state index contributed by atoms with van der Waals surface area (Å²) in [5.41, 5.74) is 1.48. The SMILES string of the molecule is O=C(O)CC1CCCN1C(=O)c1ccnc(OCc2ccccc2)c1. The number of carbonyl (C=O) groups excluding carboxylic acids is 1. The summed E-state index contributed by atoms with van der Waals surface area (Å²) < 4.78 is 5.66. The average molecular weight is 340 g/mol. The zero-order valence-electron chi connectivity index (χ0n) is 13.8. The molecule has 1 saturated heterocycles. The number of hydrogen-bond acceptors (Lipinski definition) is 4. The lowest BCUT2D eigenvalue weighted by Crippen LogP contribution is -2.36. The second-order valence-corrected chi connectivity index (χ2v) is 6.05. The molecule has 1 fully saturated rings. The summed E-state index contributed by atoms with van der Waals surface area (Å²) in [7, 11) is 0. The summed E-state index contributed by atoms with van der Waals surface area (Å²) in [5, 5.41) is 9.00. The number of likely N-dealkylation sites (tertiary alicyclic amines) is 1. The third-order valence-corrected chi connectivity index (χ3v) is 4.26. The van der Waals surface area contributed by atoms with Crippen molar-refractivity contribution in [3.63, 3.8) is 0 Å². The van der Waals surface area contributed by atoms with E-state index in [4.69, 9.17) is 9.84 Å². The number of hydrogen-bond donors (Lipinski definition) is 1. The molecule has 0 saturated carbocycles. The van der Waals surface area contributed by atoms with Gasteiger partial charge in [-0.3, -0.25) is 9.59 Å². The molecular formula is C19H20N2O4. The van der Waals surface area contributed by atoms with Gasteiger partial charge in [0.2, 0.25) is 5.88 Å². The van der Waals surface area contributed by atoms with Gasteiger partial charge in [-0.2, -0.15) is 0 Å². The van der Waals surface area contributed by atoms with Crippen LogP contribution in [0.5, 0.6) is 5.88 Å². The highest BCUT2D eigenvalue weighted by molar-refractivity contribution is 5.95. The number of aromatic nitrogens is 1. The maximum Gasteiger partial charge on any atom is 0.305 e. The molecule has 1 N–H and O–H groups in total. The van der Waals surface area contributed by atoms with Crippen LogP contribution < -0.4 is 4.74 Å². The van der Waals surface area contributed by atoms with Gasteiger partial charge in [0.05, 0.1) is 6.42 Å². The molecule has 2 aromatic rings. The molecule has 3 rings (SSSR count). The van der Waals surface area contributed by atoms with Gasteiger partial charge in [-0.05, 0) is 24.5 Å². The summed E-state index contributed by atoms with van der Waals surface area (Å²) in [6.07, 6.45) is 3.07. The van der Waals surface area contributed by atoms with Crippen molar-refractivity contribution >= 4 is 11.9 Å². The second kappa shape index (κ2) is 7.79. The van der Waals surface area contributed by atoms with E-state index < -0.39 is 5.97 Å². The Kier molecular flexibility index (Phi) is 5.28. The van der Waals surface area contributed by atoms with Crippen LogP contribution in [0, 0.1) is 0 Å². The number of amides is 1. The molecule has 1 aromatic heterocycles.